The van der Waals surface area contributed by atoms with Gasteiger partial charge in [-0.3, -0.25) is 14.4 Å². The maximum Gasteiger partial charge on any atom is 0.325 e. The quantitative estimate of drug-likeness (QED) is 0.345. The molecule has 0 aromatic carbocycles. The number of nitrogens with one attached hydrogen (secondary N) is 1. The SMILES string of the molecule is CCCCC(CC)CNC(=O)C1=C(C2=CCCCCCC2)CCCCCC1(C(=O)O)C(=O)O. The second kappa shape index (κ2) is 13.6. The minimum Gasteiger partial charge on any atom is -0.480 e. The van der Waals surface area contributed by atoms with Gasteiger partial charge in [-0.1, -0.05) is 64.9 Å². The largest absolute Gasteiger partial charge is 0.480 e. The number of rotatable bonds is 10. The Hall–Kier alpha value is -2.11. The molecular formula is C27H43NO5. The Labute approximate surface area is 198 Å². The number of hydrogen-bond acceptors (Lipinski definition) is 3. The minimum absolute atomic E-state index is 0.0145. The van der Waals surface area contributed by atoms with E-state index in [1.54, 1.807) is 0 Å². The van der Waals surface area contributed by atoms with Crippen LogP contribution in [-0.2, 0) is 14.4 Å². The number of carboxylic acid groups (broad SMARTS) is 2. The Morgan fingerprint density at radius 1 is 0.970 bits per heavy atom. The third-order valence-electron chi connectivity index (χ3n) is 7.44. The Balaban J connectivity index is 2.57. The van der Waals surface area contributed by atoms with E-state index in [-0.39, 0.29) is 12.0 Å². The van der Waals surface area contributed by atoms with Gasteiger partial charge in [-0.2, -0.15) is 0 Å². The van der Waals surface area contributed by atoms with Crippen LogP contribution in [0.4, 0.5) is 0 Å². The smallest absolute Gasteiger partial charge is 0.325 e. The van der Waals surface area contributed by atoms with Gasteiger partial charge < -0.3 is 15.5 Å². The molecule has 1 amide bonds. The summed E-state index contributed by atoms with van der Waals surface area (Å²) in [4.78, 5) is 38.8. The lowest BCUT2D eigenvalue weighted by molar-refractivity contribution is -0.163. The van der Waals surface area contributed by atoms with Crippen LogP contribution in [0.1, 0.15) is 110 Å². The van der Waals surface area contributed by atoms with Gasteiger partial charge in [0.2, 0.25) is 5.91 Å². The summed E-state index contributed by atoms with van der Waals surface area (Å²) in [5.74, 6) is -3.06. The molecule has 0 heterocycles. The number of carboxylic acids is 2. The van der Waals surface area contributed by atoms with Crippen LogP contribution in [0.3, 0.4) is 0 Å². The van der Waals surface area contributed by atoms with E-state index in [1.165, 1.54) is 6.42 Å². The molecule has 0 fully saturated rings. The van der Waals surface area contributed by atoms with Crippen molar-refractivity contribution in [2.75, 3.05) is 6.54 Å². The van der Waals surface area contributed by atoms with Crippen molar-refractivity contribution >= 4 is 17.8 Å². The molecular weight excluding hydrogens is 418 g/mol. The Morgan fingerprint density at radius 2 is 1.64 bits per heavy atom. The monoisotopic (exact) mass is 461 g/mol. The molecule has 0 saturated carbocycles. The molecule has 0 spiro atoms. The van der Waals surface area contributed by atoms with Crippen LogP contribution in [0, 0.1) is 11.3 Å². The van der Waals surface area contributed by atoms with E-state index < -0.39 is 23.3 Å². The normalized spacial score (nSPS) is 20.5. The van der Waals surface area contributed by atoms with Gasteiger partial charge in [0.25, 0.3) is 0 Å². The van der Waals surface area contributed by atoms with Gasteiger partial charge in [-0.25, -0.2) is 0 Å². The van der Waals surface area contributed by atoms with Crippen molar-refractivity contribution in [2.45, 2.75) is 110 Å². The molecule has 0 aromatic rings. The van der Waals surface area contributed by atoms with E-state index >= 15 is 0 Å². The van der Waals surface area contributed by atoms with E-state index in [4.69, 9.17) is 0 Å². The van der Waals surface area contributed by atoms with Gasteiger partial charge in [0.15, 0.2) is 5.41 Å². The lowest BCUT2D eigenvalue weighted by atomic mass is 9.69. The van der Waals surface area contributed by atoms with Gasteiger partial charge in [0.05, 0.1) is 0 Å². The van der Waals surface area contributed by atoms with E-state index in [2.05, 4.69) is 25.2 Å². The van der Waals surface area contributed by atoms with Crippen LogP contribution in [0.2, 0.25) is 0 Å². The fraction of sp³-hybridized carbons (Fsp3) is 0.741. The Morgan fingerprint density at radius 3 is 2.30 bits per heavy atom. The van der Waals surface area contributed by atoms with E-state index in [0.29, 0.717) is 30.9 Å². The van der Waals surface area contributed by atoms with Gasteiger partial charge in [-0.05, 0) is 68.4 Å². The van der Waals surface area contributed by atoms with E-state index in [1.807, 2.05) is 0 Å². The molecule has 1 atom stereocenters. The van der Waals surface area contributed by atoms with Crippen molar-refractivity contribution in [3.8, 4) is 0 Å². The van der Waals surface area contributed by atoms with Crippen LogP contribution in [0.25, 0.3) is 0 Å². The molecule has 2 aliphatic carbocycles. The summed E-state index contributed by atoms with van der Waals surface area (Å²) in [5, 5.41) is 23.4. The molecule has 2 aliphatic rings. The molecule has 3 N–H and O–H groups in total. The first kappa shape index (κ1) is 27.1. The molecule has 0 aliphatic heterocycles. The molecule has 0 radical (unpaired) electrons. The van der Waals surface area contributed by atoms with Gasteiger partial charge in [0.1, 0.15) is 0 Å². The van der Waals surface area contributed by atoms with Crippen molar-refractivity contribution in [1.82, 2.24) is 5.32 Å². The summed E-state index contributed by atoms with van der Waals surface area (Å²) in [5.41, 5.74) is -0.541. The summed E-state index contributed by atoms with van der Waals surface area (Å²) >= 11 is 0. The maximum absolute atomic E-state index is 13.7. The minimum atomic E-state index is -2.20. The molecule has 0 saturated heterocycles. The summed E-state index contributed by atoms with van der Waals surface area (Å²) in [7, 11) is 0. The first-order chi connectivity index (χ1) is 15.9. The van der Waals surface area contributed by atoms with Crippen molar-refractivity contribution in [1.29, 1.82) is 0 Å². The zero-order chi connectivity index (χ0) is 24.3. The van der Waals surface area contributed by atoms with Gasteiger partial charge in [-0.15, -0.1) is 0 Å². The molecule has 2 rings (SSSR count). The lowest BCUT2D eigenvalue weighted by Gasteiger charge is -2.33. The van der Waals surface area contributed by atoms with E-state index in [0.717, 1.165) is 76.2 Å². The summed E-state index contributed by atoms with van der Waals surface area (Å²) < 4.78 is 0. The predicted octanol–water partition coefficient (Wildman–Crippen LogP) is 6.02. The van der Waals surface area contributed by atoms with Crippen LogP contribution >= 0.6 is 0 Å². The van der Waals surface area contributed by atoms with Gasteiger partial charge >= 0.3 is 11.9 Å². The highest BCUT2D eigenvalue weighted by Gasteiger charge is 2.53. The average Bonchev–Trinajstić information content (AvgIpc) is 2.74. The Bertz CT molecular complexity index is 738. The summed E-state index contributed by atoms with van der Waals surface area (Å²) in [6.45, 7) is 4.67. The predicted molar refractivity (Wildman–Crippen MR) is 130 cm³/mol. The fourth-order valence-corrected chi connectivity index (χ4v) is 5.28. The highest BCUT2D eigenvalue weighted by Crippen LogP contribution is 2.43. The number of carbonyl (C=O) groups excluding carboxylic acids is 1. The fourth-order valence-electron chi connectivity index (χ4n) is 5.28. The van der Waals surface area contributed by atoms with Crippen LogP contribution in [-0.4, -0.2) is 34.6 Å². The molecule has 33 heavy (non-hydrogen) atoms. The van der Waals surface area contributed by atoms with Crippen LogP contribution < -0.4 is 5.32 Å². The first-order valence-electron chi connectivity index (χ1n) is 13.1. The van der Waals surface area contributed by atoms with Crippen LogP contribution in [0.15, 0.2) is 22.8 Å². The van der Waals surface area contributed by atoms with Crippen molar-refractivity contribution < 1.29 is 24.6 Å². The van der Waals surface area contributed by atoms with Crippen molar-refractivity contribution in [3.63, 3.8) is 0 Å². The number of aliphatic carboxylic acids is 2. The topological polar surface area (TPSA) is 104 Å². The second-order valence-electron chi connectivity index (χ2n) is 9.74. The summed E-state index contributed by atoms with van der Waals surface area (Å²) in [6.07, 6.45) is 14.8. The summed E-state index contributed by atoms with van der Waals surface area (Å²) in [6, 6.07) is 0. The zero-order valence-electron chi connectivity index (χ0n) is 20.6. The number of unbranched alkanes of at least 4 members (excludes halogenated alkanes) is 1. The van der Waals surface area contributed by atoms with Gasteiger partial charge in [0, 0.05) is 12.1 Å². The number of amides is 1. The number of carbonyl (C=O) groups is 3. The zero-order valence-corrected chi connectivity index (χ0v) is 20.6. The van der Waals surface area contributed by atoms with Crippen molar-refractivity contribution in [3.05, 3.63) is 22.8 Å². The highest BCUT2D eigenvalue weighted by atomic mass is 16.4. The Kier molecular flexibility index (Phi) is 11.2. The second-order valence-corrected chi connectivity index (χ2v) is 9.74. The molecule has 1 unspecified atom stereocenters. The van der Waals surface area contributed by atoms with E-state index in [9.17, 15) is 24.6 Å². The molecule has 0 bridgehead atoms. The third kappa shape index (κ3) is 6.94. The number of allylic oxidation sites excluding steroid dienone is 3. The third-order valence-corrected chi connectivity index (χ3v) is 7.44. The highest BCUT2D eigenvalue weighted by molar-refractivity contribution is 6.12. The first-order valence-corrected chi connectivity index (χ1v) is 13.1. The average molecular weight is 462 g/mol. The standard InChI is InChI=1S/C27H43NO5/c1-3-5-14-20(4-2)19-28-24(29)23-22(21-15-10-7-6-8-11-16-21)17-12-9-13-18-27(23,25(30)31)26(32)33/h15,20H,3-14,16-19H2,1-2H3,(H,28,29)(H,30,31)(H,32,33). The molecule has 6 nitrogen and oxygen atoms in total. The molecule has 0 aromatic heterocycles. The van der Waals surface area contributed by atoms with Crippen molar-refractivity contribution in [2.24, 2.45) is 11.3 Å². The molecule has 6 heteroatoms. The lowest BCUT2D eigenvalue weighted by Crippen LogP contribution is -2.48. The molecule has 186 valence electrons. The maximum atomic E-state index is 13.7. The van der Waals surface area contributed by atoms with Crippen LogP contribution in [0.5, 0.6) is 0 Å². The number of hydrogen-bond donors (Lipinski definition) is 3.